The molecule has 102 valence electrons. The quantitative estimate of drug-likeness (QED) is 0.684. The minimum atomic E-state index is 0.296. The lowest BCUT2D eigenvalue weighted by molar-refractivity contribution is 0.136. The fourth-order valence-corrected chi connectivity index (χ4v) is 2.01. The molecule has 3 heteroatoms. The van der Waals surface area contributed by atoms with E-state index in [1.54, 1.807) is 0 Å². The first-order valence-corrected chi connectivity index (χ1v) is 6.86. The van der Waals surface area contributed by atoms with E-state index in [0.29, 0.717) is 12.6 Å². The van der Waals surface area contributed by atoms with Gasteiger partial charge in [0.25, 0.3) is 0 Å². The van der Waals surface area contributed by atoms with Gasteiger partial charge >= 0.3 is 0 Å². The maximum atomic E-state index is 5.69. The summed E-state index contributed by atoms with van der Waals surface area (Å²) in [4.78, 5) is 0. The molecule has 1 unspecified atom stereocenters. The zero-order valence-electron chi connectivity index (χ0n) is 11.7. The Hall–Kier alpha value is -1.06. The molecule has 0 radical (unpaired) electrons. The largest absolute Gasteiger partial charge is 0.494 e. The third kappa shape index (κ3) is 4.67. The summed E-state index contributed by atoms with van der Waals surface area (Å²) in [5.41, 5.74) is 1.22. The Bertz CT molecular complexity index is 328. The fourth-order valence-electron chi connectivity index (χ4n) is 2.01. The van der Waals surface area contributed by atoms with E-state index < -0.39 is 0 Å². The molecule has 0 spiro atoms. The van der Waals surface area contributed by atoms with Gasteiger partial charge in [-0.1, -0.05) is 25.1 Å². The second kappa shape index (κ2) is 8.95. The van der Waals surface area contributed by atoms with Crippen molar-refractivity contribution < 1.29 is 9.47 Å². The van der Waals surface area contributed by atoms with Gasteiger partial charge in [0, 0.05) is 24.8 Å². The van der Waals surface area contributed by atoms with Crippen molar-refractivity contribution in [2.24, 2.45) is 0 Å². The minimum absolute atomic E-state index is 0.296. The number of hydrogen-bond acceptors (Lipinski definition) is 3. The van der Waals surface area contributed by atoms with Crippen LogP contribution in [0.4, 0.5) is 0 Å². The van der Waals surface area contributed by atoms with Crippen LogP contribution < -0.4 is 10.1 Å². The summed E-state index contributed by atoms with van der Waals surface area (Å²) >= 11 is 0. The van der Waals surface area contributed by atoms with E-state index in [0.717, 1.165) is 31.9 Å². The van der Waals surface area contributed by atoms with E-state index in [1.807, 2.05) is 26.0 Å². The van der Waals surface area contributed by atoms with Gasteiger partial charge in [-0.15, -0.1) is 0 Å². The molecule has 0 amide bonds. The molecule has 1 atom stereocenters. The number of hydrogen-bond donors (Lipinski definition) is 1. The topological polar surface area (TPSA) is 30.5 Å². The predicted octanol–water partition coefficient (Wildman–Crippen LogP) is 3.16. The van der Waals surface area contributed by atoms with Crippen LogP contribution in [0.25, 0.3) is 0 Å². The highest BCUT2D eigenvalue weighted by Gasteiger charge is 2.14. The molecule has 0 bridgehead atoms. The van der Waals surface area contributed by atoms with Crippen LogP contribution in [0.2, 0.25) is 0 Å². The SMILES string of the molecule is CCNC(CCOCC)c1ccccc1OCC. The Kier molecular flexibility index (Phi) is 7.46. The third-order valence-corrected chi connectivity index (χ3v) is 2.80. The molecular weight excluding hydrogens is 226 g/mol. The zero-order valence-corrected chi connectivity index (χ0v) is 11.7. The summed E-state index contributed by atoms with van der Waals surface area (Å²) in [6.45, 7) is 9.34. The van der Waals surface area contributed by atoms with Crippen molar-refractivity contribution in [2.75, 3.05) is 26.4 Å². The second-order valence-corrected chi connectivity index (χ2v) is 4.07. The Labute approximate surface area is 110 Å². The van der Waals surface area contributed by atoms with Crippen LogP contribution in [0.15, 0.2) is 24.3 Å². The Morgan fingerprint density at radius 1 is 1.11 bits per heavy atom. The highest BCUT2D eigenvalue weighted by molar-refractivity contribution is 5.36. The first-order chi connectivity index (χ1) is 8.83. The molecule has 1 aromatic carbocycles. The lowest BCUT2D eigenvalue weighted by Gasteiger charge is -2.21. The third-order valence-electron chi connectivity index (χ3n) is 2.80. The van der Waals surface area contributed by atoms with E-state index in [2.05, 4.69) is 24.4 Å². The molecule has 0 saturated heterocycles. The van der Waals surface area contributed by atoms with Crippen LogP contribution in [0.5, 0.6) is 5.75 Å². The van der Waals surface area contributed by atoms with Crippen LogP contribution >= 0.6 is 0 Å². The van der Waals surface area contributed by atoms with Gasteiger partial charge in [0.05, 0.1) is 6.61 Å². The highest BCUT2D eigenvalue weighted by Crippen LogP contribution is 2.27. The maximum Gasteiger partial charge on any atom is 0.124 e. The average molecular weight is 251 g/mol. The van der Waals surface area contributed by atoms with Gasteiger partial charge in [-0.3, -0.25) is 0 Å². The van der Waals surface area contributed by atoms with Gasteiger partial charge in [-0.25, -0.2) is 0 Å². The molecule has 0 fully saturated rings. The van der Waals surface area contributed by atoms with Crippen molar-refractivity contribution >= 4 is 0 Å². The molecular formula is C15H25NO2. The van der Waals surface area contributed by atoms with Crippen LogP contribution in [0, 0.1) is 0 Å². The normalized spacial score (nSPS) is 12.4. The average Bonchev–Trinajstić information content (AvgIpc) is 2.39. The van der Waals surface area contributed by atoms with E-state index >= 15 is 0 Å². The first-order valence-electron chi connectivity index (χ1n) is 6.86. The molecule has 1 aromatic rings. The van der Waals surface area contributed by atoms with E-state index in [9.17, 15) is 0 Å². The van der Waals surface area contributed by atoms with Crippen molar-refractivity contribution in [3.63, 3.8) is 0 Å². The second-order valence-electron chi connectivity index (χ2n) is 4.07. The van der Waals surface area contributed by atoms with E-state index in [-0.39, 0.29) is 0 Å². The molecule has 0 aliphatic rings. The molecule has 0 aliphatic carbocycles. The molecule has 1 rings (SSSR count). The van der Waals surface area contributed by atoms with Gasteiger partial charge in [0.2, 0.25) is 0 Å². The lowest BCUT2D eigenvalue weighted by atomic mass is 10.0. The van der Waals surface area contributed by atoms with Gasteiger partial charge in [-0.2, -0.15) is 0 Å². The fraction of sp³-hybridized carbons (Fsp3) is 0.600. The summed E-state index contributed by atoms with van der Waals surface area (Å²) in [5.74, 6) is 0.974. The number of benzene rings is 1. The smallest absolute Gasteiger partial charge is 0.124 e. The van der Waals surface area contributed by atoms with Gasteiger partial charge < -0.3 is 14.8 Å². The summed E-state index contributed by atoms with van der Waals surface area (Å²) in [7, 11) is 0. The molecule has 0 heterocycles. The summed E-state index contributed by atoms with van der Waals surface area (Å²) in [6, 6.07) is 8.53. The van der Waals surface area contributed by atoms with Gasteiger partial charge in [-0.05, 0) is 32.9 Å². The maximum absolute atomic E-state index is 5.69. The zero-order chi connectivity index (χ0) is 13.2. The monoisotopic (exact) mass is 251 g/mol. The van der Waals surface area contributed by atoms with Gasteiger partial charge in [0.1, 0.15) is 5.75 Å². The van der Waals surface area contributed by atoms with Gasteiger partial charge in [0.15, 0.2) is 0 Å². The molecule has 0 aliphatic heterocycles. The van der Waals surface area contributed by atoms with Crippen molar-refractivity contribution in [1.82, 2.24) is 5.32 Å². The molecule has 0 aromatic heterocycles. The van der Waals surface area contributed by atoms with Crippen LogP contribution in [0.1, 0.15) is 38.8 Å². The van der Waals surface area contributed by atoms with Crippen molar-refractivity contribution in [1.29, 1.82) is 0 Å². The minimum Gasteiger partial charge on any atom is -0.494 e. The van der Waals surface area contributed by atoms with E-state index in [1.165, 1.54) is 5.56 Å². The summed E-state index contributed by atoms with van der Waals surface area (Å²) < 4.78 is 11.1. The number of para-hydroxylation sites is 1. The van der Waals surface area contributed by atoms with E-state index in [4.69, 9.17) is 9.47 Å². The standard InChI is InChI=1S/C15H25NO2/c1-4-16-14(11-12-17-5-2)13-9-7-8-10-15(13)18-6-3/h7-10,14,16H,4-6,11-12H2,1-3H3. The Morgan fingerprint density at radius 3 is 2.56 bits per heavy atom. The highest BCUT2D eigenvalue weighted by atomic mass is 16.5. The number of rotatable bonds is 9. The van der Waals surface area contributed by atoms with Crippen LogP contribution in [-0.2, 0) is 4.74 Å². The molecule has 1 N–H and O–H groups in total. The molecule has 0 saturated carbocycles. The molecule has 18 heavy (non-hydrogen) atoms. The Morgan fingerprint density at radius 2 is 1.89 bits per heavy atom. The predicted molar refractivity (Wildman–Crippen MR) is 75.1 cm³/mol. The molecule has 3 nitrogen and oxygen atoms in total. The van der Waals surface area contributed by atoms with Crippen molar-refractivity contribution in [2.45, 2.75) is 33.2 Å². The first kappa shape index (κ1) is 15.0. The Balaban J connectivity index is 2.76. The van der Waals surface area contributed by atoms with Crippen molar-refractivity contribution in [3.05, 3.63) is 29.8 Å². The van der Waals surface area contributed by atoms with Crippen LogP contribution in [0.3, 0.4) is 0 Å². The van der Waals surface area contributed by atoms with Crippen molar-refractivity contribution in [3.8, 4) is 5.75 Å². The number of nitrogens with one attached hydrogen (secondary N) is 1. The lowest BCUT2D eigenvalue weighted by Crippen LogP contribution is -2.23. The summed E-state index contributed by atoms with van der Waals surface area (Å²) in [6.07, 6.45) is 0.964. The van der Waals surface area contributed by atoms with Crippen LogP contribution in [-0.4, -0.2) is 26.4 Å². The summed E-state index contributed by atoms with van der Waals surface area (Å²) in [5, 5.41) is 3.50. The number of ether oxygens (including phenoxy) is 2.